The van der Waals surface area contributed by atoms with Gasteiger partial charge in [-0.05, 0) is 44.9 Å². The second-order valence-electron chi connectivity index (χ2n) is 17.2. The molecule has 0 aliphatic carbocycles. The highest BCUT2D eigenvalue weighted by Gasteiger charge is 2.27. The Morgan fingerprint density at radius 3 is 1.30 bits per heavy atom. The summed E-state index contributed by atoms with van der Waals surface area (Å²) < 4.78 is 32.8. The molecular formula is C50H95O10P. The number of allylic oxidation sites excluding steroid dienone is 4. The molecule has 0 radical (unpaired) electrons. The Labute approximate surface area is 374 Å². The molecule has 10 nitrogen and oxygen atoms in total. The maximum atomic E-state index is 12.7. The van der Waals surface area contributed by atoms with Gasteiger partial charge in [0.2, 0.25) is 0 Å². The van der Waals surface area contributed by atoms with Crippen molar-refractivity contribution in [1.82, 2.24) is 0 Å². The zero-order valence-corrected chi connectivity index (χ0v) is 40.3. The number of aliphatic hydroxyl groups excluding tert-OH is 2. The summed E-state index contributed by atoms with van der Waals surface area (Å²) in [7, 11) is -4.62. The van der Waals surface area contributed by atoms with Crippen molar-refractivity contribution in [2.24, 2.45) is 0 Å². The van der Waals surface area contributed by atoms with Gasteiger partial charge in [-0.25, -0.2) is 4.57 Å². The Bertz CT molecular complexity index is 1070. The quantitative estimate of drug-likeness (QED) is 0.0233. The van der Waals surface area contributed by atoms with Crippen molar-refractivity contribution in [2.45, 2.75) is 257 Å². The molecule has 360 valence electrons. The predicted octanol–water partition coefficient (Wildman–Crippen LogP) is 14.1. The fraction of sp³-hybridized carbons (Fsp3) is 0.880. The highest BCUT2D eigenvalue weighted by Crippen LogP contribution is 2.43. The van der Waals surface area contributed by atoms with Crippen molar-refractivity contribution in [3.63, 3.8) is 0 Å². The summed E-state index contributed by atoms with van der Waals surface area (Å²) in [5.41, 5.74) is 0. The summed E-state index contributed by atoms with van der Waals surface area (Å²) in [6, 6.07) is 0. The SMILES string of the molecule is CCCCC/C=C\C/C=C\CCCCCCCCCC(=O)OC(COC(=O)CCCCCCCCCCCCCCCCCCCCCCC)COP(=O)(O)OCC(O)CO. The second kappa shape index (κ2) is 46.4. The topological polar surface area (TPSA) is 149 Å². The van der Waals surface area contributed by atoms with Crippen molar-refractivity contribution in [3.05, 3.63) is 24.3 Å². The summed E-state index contributed by atoms with van der Waals surface area (Å²) in [4.78, 5) is 35.1. The van der Waals surface area contributed by atoms with E-state index >= 15 is 0 Å². The Balaban J connectivity index is 4.16. The monoisotopic (exact) mass is 887 g/mol. The molecule has 0 heterocycles. The van der Waals surface area contributed by atoms with Gasteiger partial charge in [-0.2, -0.15) is 0 Å². The lowest BCUT2D eigenvalue weighted by Crippen LogP contribution is -2.29. The predicted molar refractivity (Wildman–Crippen MR) is 252 cm³/mol. The van der Waals surface area contributed by atoms with Crippen LogP contribution in [0.1, 0.15) is 245 Å². The molecule has 0 aromatic rings. The maximum absolute atomic E-state index is 12.7. The normalized spacial score (nSPS) is 13.9. The van der Waals surface area contributed by atoms with Crippen molar-refractivity contribution in [3.8, 4) is 0 Å². The van der Waals surface area contributed by atoms with Crippen LogP contribution in [0, 0.1) is 0 Å². The number of unbranched alkanes of at least 4 members (excludes halogenated alkanes) is 30. The minimum atomic E-state index is -4.62. The van der Waals surface area contributed by atoms with Crippen LogP contribution in [0.4, 0.5) is 0 Å². The summed E-state index contributed by atoms with van der Waals surface area (Å²) in [6.45, 7) is 2.39. The first kappa shape index (κ1) is 59.5. The van der Waals surface area contributed by atoms with Gasteiger partial charge in [0.05, 0.1) is 19.8 Å². The fourth-order valence-electron chi connectivity index (χ4n) is 7.20. The average molecular weight is 887 g/mol. The number of aliphatic hydroxyl groups is 2. The standard InChI is InChI=1S/C50H95O10P/c1-3-5-7-9-11-13-15-17-19-21-22-23-24-26-27-29-31-33-35-37-39-41-49(53)57-45-48(46-59-61(55,56)58-44-47(52)43-51)60-50(54)42-40-38-36-34-32-30-28-25-20-18-16-14-12-10-8-6-4-2/h12,14,18,20,47-48,51-52H,3-11,13,15-17,19,21-46H2,1-2H3,(H,55,56)/b14-12-,20-18-. The Morgan fingerprint density at radius 1 is 0.492 bits per heavy atom. The van der Waals surface area contributed by atoms with Crippen LogP contribution in [0.3, 0.4) is 0 Å². The van der Waals surface area contributed by atoms with Crippen molar-refractivity contribution >= 4 is 19.8 Å². The zero-order valence-electron chi connectivity index (χ0n) is 39.4. The number of phosphoric ester groups is 1. The zero-order chi connectivity index (χ0) is 44.8. The van der Waals surface area contributed by atoms with Crippen LogP contribution in [0.5, 0.6) is 0 Å². The molecule has 0 aromatic heterocycles. The molecule has 3 unspecified atom stereocenters. The molecule has 0 fully saturated rings. The summed E-state index contributed by atoms with van der Waals surface area (Å²) >= 11 is 0. The van der Waals surface area contributed by atoms with E-state index in [0.29, 0.717) is 12.8 Å². The molecular weight excluding hydrogens is 792 g/mol. The molecule has 0 aliphatic rings. The lowest BCUT2D eigenvalue weighted by molar-refractivity contribution is -0.161. The number of carbonyl (C=O) groups excluding carboxylic acids is 2. The highest BCUT2D eigenvalue weighted by atomic mass is 31.2. The van der Waals surface area contributed by atoms with E-state index in [9.17, 15) is 24.2 Å². The van der Waals surface area contributed by atoms with Crippen LogP contribution in [0.25, 0.3) is 0 Å². The third-order valence-electron chi connectivity index (χ3n) is 11.1. The number of esters is 2. The average Bonchev–Trinajstić information content (AvgIpc) is 3.25. The van der Waals surface area contributed by atoms with Crippen LogP contribution in [-0.4, -0.2) is 65.7 Å². The number of hydrogen-bond donors (Lipinski definition) is 3. The highest BCUT2D eigenvalue weighted by molar-refractivity contribution is 7.47. The number of carbonyl (C=O) groups is 2. The second-order valence-corrected chi connectivity index (χ2v) is 18.7. The van der Waals surface area contributed by atoms with Gasteiger partial charge in [-0.3, -0.25) is 18.6 Å². The molecule has 11 heteroatoms. The van der Waals surface area contributed by atoms with Gasteiger partial charge in [0.25, 0.3) is 0 Å². The van der Waals surface area contributed by atoms with Crippen molar-refractivity contribution in [1.29, 1.82) is 0 Å². The first-order chi connectivity index (χ1) is 29.7. The van der Waals surface area contributed by atoms with E-state index in [0.717, 1.165) is 51.4 Å². The molecule has 3 N–H and O–H groups in total. The van der Waals surface area contributed by atoms with Crippen molar-refractivity contribution < 1.29 is 47.8 Å². The van der Waals surface area contributed by atoms with E-state index in [2.05, 4.69) is 38.2 Å². The molecule has 0 rings (SSSR count). The van der Waals surface area contributed by atoms with E-state index in [4.69, 9.17) is 23.6 Å². The van der Waals surface area contributed by atoms with Gasteiger partial charge in [-0.15, -0.1) is 0 Å². The summed E-state index contributed by atoms with van der Waals surface area (Å²) in [6.07, 6.45) is 48.6. The molecule has 0 amide bonds. The lowest BCUT2D eigenvalue weighted by atomic mass is 10.0. The lowest BCUT2D eigenvalue weighted by Gasteiger charge is -2.20. The van der Waals surface area contributed by atoms with E-state index in [1.165, 1.54) is 154 Å². The van der Waals surface area contributed by atoms with Gasteiger partial charge in [0, 0.05) is 12.8 Å². The number of hydrogen-bond acceptors (Lipinski definition) is 9. The van der Waals surface area contributed by atoms with Crippen LogP contribution in [-0.2, 0) is 32.7 Å². The van der Waals surface area contributed by atoms with Crippen LogP contribution < -0.4 is 0 Å². The van der Waals surface area contributed by atoms with Gasteiger partial charge < -0.3 is 24.6 Å². The largest absolute Gasteiger partial charge is 0.472 e. The van der Waals surface area contributed by atoms with Gasteiger partial charge >= 0.3 is 19.8 Å². The maximum Gasteiger partial charge on any atom is 0.472 e. The molecule has 61 heavy (non-hydrogen) atoms. The van der Waals surface area contributed by atoms with E-state index in [1.54, 1.807) is 0 Å². The van der Waals surface area contributed by atoms with E-state index in [1.807, 2.05) is 0 Å². The minimum Gasteiger partial charge on any atom is -0.462 e. The van der Waals surface area contributed by atoms with Crippen LogP contribution in [0.2, 0.25) is 0 Å². The molecule has 0 saturated heterocycles. The first-order valence-corrected chi connectivity index (χ1v) is 26.8. The minimum absolute atomic E-state index is 0.178. The molecule has 0 spiro atoms. The Kier molecular flexibility index (Phi) is 45.3. The third-order valence-corrected chi connectivity index (χ3v) is 12.1. The Morgan fingerprint density at radius 2 is 0.852 bits per heavy atom. The van der Waals surface area contributed by atoms with Crippen LogP contribution in [0.15, 0.2) is 24.3 Å². The van der Waals surface area contributed by atoms with E-state index in [-0.39, 0.29) is 19.4 Å². The third kappa shape index (κ3) is 46.3. The summed E-state index contributed by atoms with van der Waals surface area (Å²) in [5, 5.41) is 18.4. The molecule has 0 bridgehead atoms. The molecule has 0 aromatic carbocycles. The van der Waals surface area contributed by atoms with Crippen LogP contribution >= 0.6 is 7.82 Å². The van der Waals surface area contributed by atoms with Gasteiger partial charge in [0.15, 0.2) is 6.10 Å². The van der Waals surface area contributed by atoms with Crippen molar-refractivity contribution in [2.75, 3.05) is 26.4 Å². The van der Waals surface area contributed by atoms with Gasteiger partial charge in [0.1, 0.15) is 12.7 Å². The molecule has 0 aliphatic heterocycles. The Hall–Kier alpha value is -1.55. The van der Waals surface area contributed by atoms with E-state index < -0.39 is 51.8 Å². The number of ether oxygens (including phenoxy) is 2. The smallest absolute Gasteiger partial charge is 0.462 e. The first-order valence-electron chi connectivity index (χ1n) is 25.3. The molecule has 0 saturated carbocycles. The molecule has 3 atom stereocenters. The summed E-state index contributed by atoms with van der Waals surface area (Å²) in [5.74, 6) is -0.921. The fourth-order valence-corrected chi connectivity index (χ4v) is 7.99. The van der Waals surface area contributed by atoms with Gasteiger partial charge in [-0.1, -0.05) is 212 Å². The number of rotatable bonds is 48. The number of phosphoric acid groups is 1.